The minimum absolute atomic E-state index is 0.0636. The highest BCUT2D eigenvalue weighted by Gasteiger charge is 2.35. The third kappa shape index (κ3) is 4.01. The van der Waals surface area contributed by atoms with Crippen LogP contribution in [0.1, 0.15) is 23.1 Å². The topological polar surface area (TPSA) is 89.4 Å². The predicted octanol–water partition coefficient (Wildman–Crippen LogP) is 3.93. The van der Waals surface area contributed by atoms with Gasteiger partial charge in [0.05, 0.1) is 28.3 Å². The van der Waals surface area contributed by atoms with Gasteiger partial charge in [-0.3, -0.25) is 4.79 Å². The van der Waals surface area contributed by atoms with Crippen LogP contribution in [0.2, 0.25) is 0 Å². The van der Waals surface area contributed by atoms with E-state index in [2.05, 4.69) is 20.6 Å². The first-order valence-corrected chi connectivity index (χ1v) is 11.2. The highest BCUT2D eigenvalue weighted by molar-refractivity contribution is 7.99. The normalized spacial score (nSPS) is 16.0. The van der Waals surface area contributed by atoms with Crippen LogP contribution >= 0.6 is 23.1 Å². The Kier molecular flexibility index (Phi) is 5.35. The fraction of sp³-hybridized carbons (Fsp3) is 0.150. The number of thioether (sulfide) groups is 1. The van der Waals surface area contributed by atoms with Crippen LogP contribution in [0.5, 0.6) is 0 Å². The van der Waals surface area contributed by atoms with Crippen LogP contribution in [-0.4, -0.2) is 42.6 Å². The summed E-state index contributed by atoms with van der Waals surface area (Å²) in [5.41, 5.74) is 1.33. The molecule has 0 bridgehead atoms. The van der Waals surface area contributed by atoms with Crippen molar-refractivity contribution in [2.75, 3.05) is 5.75 Å². The number of hydrogen-bond acceptors (Lipinski definition) is 8. The number of carbonyl (C=O) groups is 1. The monoisotopic (exact) mass is 454 g/mol. The van der Waals surface area contributed by atoms with Crippen molar-refractivity contribution in [2.24, 2.45) is 5.10 Å². The molecule has 1 aliphatic rings. The van der Waals surface area contributed by atoms with E-state index in [1.54, 1.807) is 35.8 Å². The molecule has 5 rings (SSSR count). The second-order valence-corrected chi connectivity index (χ2v) is 8.53. The molecular weight excluding hydrogens is 439 g/mol. The van der Waals surface area contributed by atoms with Gasteiger partial charge in [0.25, 0.3) is 5.91 Å². The molecule has 3 aromatic heterocycles. The Hall–Kier alpha value is -3.31. The van der Waals surface area contributed by atoms with Crippen molar-refractivity contribution in [2.45, 2.75) is 17.6 Å². The van der Waals surface area contributed by atoms with Crippen LogP contribution in [0.25, 0.3) is 5.69 Å². The SMILES string of the molecule is O=C(CSc1nnnn1-c1cccc(F)c1)N1N=C(c2cccs2)CC1c1ccco1. The van der Waals surface area contributed by atoms with E-state index in [0.29, 0.717) is 23.0 Å². The third-order valence-electron chi connectivity index (χ3n) is 4.66. The Balaban J connectivity index is 1.35. The summed E-state index contributed by atoms with van der Waals surface area (Å²) < 4.78 is 20.5. The molecule has 0 spiro atoms. The number of benzene rings is 1. The van der Waals surface area contributed by atoms with Gasteiger partial charge in [-0.25, -0.2) is 9.40 Å². The van der Waals surface area contributed by atoms with Crippen LogP contribution in [0.3, 0.4) is 0 Å². The maximum Gasteiger partial charge on any atom is 0.253 e. The number of halogens is 1. The molecule has 0 radical (unpaired) electrons. The standard InChI is InChI=1S/C20H15FN6O2S2/c21-13-4-1-5-14(10-13)26-20(22-24-25-26)31-12-19(28)27-16(17-6-2-8-29-17)11-15(23-27)18-7-3-9-30-18/h1-10,16H,11-12H2. The fourth-order valence-corrected chi connectivity index (χ4v) is 4.73. The molecule has 156 valence electrons. The largest absolute Gasteiger partial charge is 0.467 e. The number of nitrogens with zero attached hydrogens (tertiary/aromatic N) is 6. The van der Waals surface area contributed by atoms with Crippen molar-refractivity contribution in [1.29, 1.82) is 0 Å². The van der Waals surface area contributed by atoms with Gasteiger partial charge in [0.1, 0.15) is 17.6 Å². The molecule has 1 atom stereocenters. The summed E-state index contributed by atoms with van der Waals surface area (Å²) in [5, 5.41) is 20.0. The van der Waals surface area contributed by atoms with Crippen molar-refractivity contribution in [3.05, 3.63) is 76.6 Å². The second kappa shape index (κ2) is 8.44. The Bertz CT molecular complexity index is 1220. The smallest absolute Gasteiger partial charge is 0.253 e. The van der Waals surface area contributed by atoms with Crippen molar-refractivity contribution in [3.63, 3.8) is 0 Å². The lowest BCUT2D eigenvalue weighted by atomic mass is 10.1. The van der Waals surface area contributed by atoms with Gasteiger partial charge < -0.3 is 4.42 Å². The van der Waals surface area contributed by atoms with Crippen LogP contribution in [0, 0.1) is 5.82 Å². The van der Waals surface area contributed by atoms with Crippen molar-refractivity contribution < 1.29 is 13.6 Å². The quantitative estimate of drug-likeness (QED) is 0.410. The average Bonchev–Trinajstić information content (AvgIpc) is 3.56. The van der Waals surface area contributed by atoms with E-state index in [1.807, 2.05) is 23.6 Å². The lowest BCUT2D eigenvalue weighted by molar-refractivity contribution is -0.130. The summed E-state index contributed by atoms with van der Waals surface area (Å²) in [6.07, 6.45) is 2.16. The van der Waals surface area contributed by atoms with Gasteiger partial charge >= 0.3 is 0 Å². The van der Waals surface area contributed by atoms with Gasteiger partial charge in [-0.1, -0.05) is 23.9 Å². The number of furan rings is 1. The minimum Gasteiger partial charge on any atom is -0.467 e. The Morgan fingerprint density at radius 3 is 2.97 bits per heavy atom. The summed E-state index contributed by atoms with van der Waals surface area (Å²) in [6.45, 7) is 0. The summed E-state index contributed by atoms with van der Waals surface area (Å²) in [6, 6.07) is 13.2. The molecule has 0 fully saturated rings. The molecule has 0 N–H and O–H groups in total. The number of tetrazole rings is 1. The van der Waals surface area contributed by atoms with Gasteiger partial charge in [-0.15, -0.1) is 16.4 Å². The van der Waals surface area contributed by atoms with Gasteiger partial charge in [0.2, 0.25) is 5.16 Å². The third-order valence-corrected chi connectivity index (χ3v) is 6.48. The molecule has 0 saturated heterocycles. The first kappa shape index (κ1) is 19.6. The molecule has 4 heterocycles. The van der Waals surface area contributed by atoms with Gasteiger partial charge in [-0.05, 0) is 52.2 Å². The average molecular weight is 455 g/mol. The number of thiophene rings is 1. The number of hydrazone groups is 1. The molecule has 8 nitrogen and oxygen atoms in total. The van der Waals surface area contributed by atoms with Crippen LogP contribution in [0.4, 0.5) is 4.39 Å². The summed E-state index contributed by atoms with van der Waals surface area (Å²) >= 11 is 2.74. The van der Waals surface area contributed by atoms with E-state index in [1.165, 1.54) is 21.8 Å². The van der Waals surface area contributed by atoms with Gasteiger partial charge in [0, 0.05) is 6.42 Å². The van der Waals surface area contributed by atoms with Gasteiger partial charge in [-0.2, -0.15) is 9.78 Å². The maximum atomic E-state index is 13.6. The molecule has 1 amide bonds. The molecule has 11 heteroatoms. The molecule has 1 aromatic carbocycles. The predicted molar refractivity (Wildman–Crippen MR) is 114 cm³/mol. The highest BCUT2D eigenvalue weighted by atomic mass is 32.2. The Labute approximate surface area is 184 Å². The minimum atomic E-state index is -0.395. The van der Waals surface area contributed by atoms with Crippen LogP contribution in [0.15, 0.2) is 74.8 Å². The first-order chi connectivity index (χ1) is 15.2. The van der Waals surface area contributed by atoms with Crippen LogP contribution < -0.4 is 0 Å². The lowest BCUT2D eigenvalue weighted by Crippen LogP contribution is -2.28. The Morgan fingerprint density at radius 1 is 1.26 bits per heavy atom. The number of aromatic nitrogens is 4. The molecule has 31 heavy (non-hydrogen) atoms. The summed E-state index contributed by atoms with van der Waals surface area (Å²) in [5.74, 6) is 0.146. The van der Waals surface area contributed by atoms with E-state index in [-0.39, 0.29) is 17.7 Å². The van der Waals surface area contributed by atoms with E-state index in [0.717, 1.165) is 22.4 Å². The highest BCUT2D eigenvalue weighted by Crippen LogP contribution is 2.34. The first-order valence-electron chi connectivity index (χ1n) is 9.33. The fourth-order valence-electron chi connectivity index (χ4n) is 3.27. The number of carbonyl (C=O) groups excluding carboxylic acids is 1. The van der Waals surface area contributed by atoms with Gasteiger partial charge in [0.15, 0.2) is 0 Å². The lowest BCUT2D eigenvalue weighted by Gasteiger charge is -2.19. The number of rotatable bonds is 6. The van der Waals surface area contributed by atoms with Crippen LogP contribution in [-0.2, 0) is 4.79 Å². The molecule has 0 saturated carbocycles. The molecule has 1 unspecified atom stereocenters. The molecule has 1 aliphatic heterocycles. The zero-order valence-electron chi connectivity index (χ0n) is 16.0. The summed E-state index contributed by atoms with van der Waals surface area (Å²) in [4.78, 5) is 14.1. The van der Waals surface area contributed by atoms with E-state index >= 15 is 0 Å². The molecule has 0 aliphatic carbocycles. The molecular formula is C20H15FN6O2S2. The zero-order chi connectivity index (χ0) is 21.2. The maximum absolute atomic E-state index is 13.6. The zero-order valence-corrected chi connectivity index (χ0v) is 17.6. The number of hydrogen-bond donors (Lipinski definition) is 0. The molecule has 4 aromatic rings. The second-order valence-electron chi connectivity index (χ2n) is 6.64. The van der Waals surface area contributed by atoms with E-state index < -0.39 is 5.82 Å². The van der Waals surface area contributed by atoms with Crippen molar-refractivity contribution >= 4 is 34.7 Å². The van der Waals surface area contributed by atoms with E-state index in [4.69, 9.17) is 4.42 Å². The Morgan fingerprint density at radius 2 is 2.19 bits per heavy atom. The van der Waals surface area contributed by atoms with E-state index in [9.17, 15) is 9.18 Å². The number of amides is 1. The van der Waals surface area contributed by atoms with Crippen molar-refractivity contribution in [1.82, 2.24) is 25.2 Å². The van der Waals surface area contributed by atoms with Crippen molar-refractivity contribution in [3.8, 4) is 5.69 Å². The summed E-state index contributed by atoms with van der Waals surface area (Å²) in [7, 11) is 0.